The smallest absolute Gasteiger partial charge is 0.136 e. The number of aliphatic imine (C=N–C) groups is 1. The van der Waals surface area contributed by atoms with Gasteiger partial charge in [-0.2, -0.15) is 5.26 Å². The Bertz CT molecular complexity index is 731. The monoisotopic (exact) mass is 295 g/mol. The van der Waals surface area contributed by atoms with Gasteiger partial charge in [0.25, 0.3) is 0 Å². The van der Waals surface area contributed by atoms with E-state index < -0.39 is 0 Å². The Morgan fingerprint density at radius 3 is 2.71 bits per heavy atom. The van der Waals surface area contributed by atoms with Crippen LogP contribution in [0.15, 0.2) is 53.5 Å². The quantitative estimate of drug-likeness (QED) is 0.807. The van der Waals surface area contributed by atoms with E-state index in [-0.39, 0.29) is 6.04 Å². The van der Waals surface area contributed by atoms with Crippen LogP contribution in [0.25, 0.3) is 0 Å². The second-order valence-corrected chi connectivity index (χ2v) is 5.41. The zero-order chi connectivity index (χ0) is 14.8. The predicted octanol–water partition coefficient (Wildman–Crippen LogP) is 3.52. The van der Waals surface area contributed by atoms with Gasteiger partial charge in [-0.05, 0) is 18.2 Å². The van der Waals surface area contributed by atoms with E-state index >= 15 is 0 Å². The maximum absolute atomic E-state index is 9.34. The molecule has 0 radical (unpaired) electrons. The number of halogens is 1. The lowest BCUT2D eigenvalue weighted by Crippen LogP contribution is -2.32. The molecule has 1 heterocycles. The summed E-state index contributed by atoms with van der Waals surface area (Å²) in [5.41, 5.74) is 3.87. The molecule has 0 saturated carbocycles. The van der Waals surface area contributed by atoms with Gasteiger partial charge < -0.3 is 4.90 Å². The maximum atomic E-state index is 9.34. The van der Waals surface area contributed by atoms with Crippen LogP contribution in [0.4, 0.5) is 5.69 Å². The summed E-state index contributed by atoms with van der Waals surface area (Å²) < 4.78 is 0. The number of benzene rings is 2. The van der Waals surface area contributed by atoms with Crippen molar-refractivity contribution in [3.63, 3.8) is 0 Å². The number of rotatable bonds is 1. The summed E-state index contributed by atoms with van der Waals surface area (Å²) in [7, 11) is 1.92. The summed E-state index contributed by atoms with van der Waals surface area (Å²) in [6, 6.07) is 17.7. The van der Waals surface area contributed by atoms with Crippen LogP contribution < -0.4 is 4.90 Å². The van der Waals surface area contributed by atoms with Gasteiger partial charge in [0, 0.05) is 28.9 Å². The molecule has 1 aliphatic rings. The number of hydrogen-bond acceptors (Lipinski definition) is 3. The number of nitriles is 1. The van der Waals surface area contributed by atoms with E-state index in [9.17, 15) is 5.26 Å². The first-order valence-electron chi connectivity index (χ1n) is 6.73. The van der Waals surface area contributed by atoms with Gasteiger partial charge >= 0.3 is 0 Å². The van der Waals surface area contributed by atoms with Crippen molar-refractivity contribution in [3.8, 4) is 6.07 Å². The molecule has 4 heteroatoms. The summed E-state index contributed by atoms with van der Waals surface area (Å²) in [5, 5.41) is 10.0. The van der Waals surface area contributed by atoms with Gasteiger partial charge in [0.2, 0.25) is 0 Å². The number of benzodiazepines with no additional fused rings is 1. The highest BCUT2D eigenvalue weighted by atomic mass is 35.5. The Morgan fingerprint density at radius 1 is 1.24 bits per heavy atom. The van der Waals surface area contributed by atoms with Gasteiger partial charge in [0.15, 0.2) is 0 Å². The number of nitrogens with zero attached hydrogens (tertiary/aromatic N) is 3. The van der Waals surface area contributed by atoms with Gasteiger partial charge in [-0.3, -0.25) is 4.99 Å². The molecule has 1 atom stereocenters. The van der Waals surface area contributed by atoms with Crippen molar-refractivity contribution in [2.75, 3.05) is 18.5 Å². The second-order valence-electron chi connectivity index (χ2n) is 4.97. The Hall–Kier alpha value is -2.31. The first-order valence-corrected chi connectivity index (χ1v) is 7.11. The summed E-state index contributed by atoms with van der Waals surface area (Å²) in [6.07, 6.45) is 0. The molecule has 0 saturated heterocycles. The van der Waals surface area contributed by atoms with E-state index in [1.807, 2.05) is 60.5 Å². The molecule has 2 aromatic carbocycles. The van der Waals surface area contributed by atoms with Crippen LogP contribution in [0.3, 0.4) is 0 Å². The molecular formula is C17H14ClN3. The largest absolute Gasteiger partial charge is 0.357 e. The van der Waals surface area contributed by atoms with Crippen LogP contribution >= 0.6 is 11.6 Å². The highest BCUT2D eigenvalue weighted by Gasteiger charge is 2.24. The van der Waals surface area contributed by atoms with E-state index in [1.165, 1.54) is 0 Å². The average molecular weight is 296 g/mol. The Morgan fingerprint density at radius 2 is 2.00 bits per heavy atom. The molecule has 2 aromatic rings. The molecule has 1 aliphatic heterocycles. The van der Waals surface area contributed by atoms with E-state index in [0.29, 0.717) is 11.6 Å². The van der Waals surface area contributed by atoms with Crippen molar-refractivity contribution in [1.82, 2.24) is 0 Å². The van der Waals surface area contributed by atoms with E-state index in [0.717, 1.165) is 22.5 Å². The lowest BCUT2D eigenvalue weighted by atomic mass is 10.0. The Labute approximate surface area is 129 Å². The Balaban J connectivity index is 2.21. The van der Waals surface area contributed by atoms with Crippen LogP contribution in [0, 0.1) is 11.3 Å². The van der Waals surface area contributed by atoms with Gasteiger partial charge in [0.1, 0.15) is 6.04 Å². The first kappa shape index (κ1) is 13.7. The average Bonchev–Trinajstić information content (AvgIpc) is 2.65. The zero-order valence-corrected chi connectivity index (χ0v) is 12.4. The van der Waals surface area contributed by atoms with Crippen molar-refractivity contribution in [1.29, 1.82) is 5.26 Å². The standard InChI is InChI=1S/C17H14ClN3/c1-21-14(10-19)11-20-17(12-5-3-2-4-6-12)15-9-13(18)7-8-16(15)21/h2-9,14H,11H2,1H3. The van der Waals surface area contributed by atoms with Crippen LogP contribution in [-0.2, 0) is 0 Å². The molecule has 3 rings (SSSR count). The third-order valence-electron chi connectivity index (χ3n) is 3.68. The summed E-state index contributed by atoms with van der Waals surface area (Å²) >= 11 is 6.16. The van der Waals surface area contributed by atoms with Gasteiger partial charge in [0.05, 0.1) is 18.3 Å². The maximum Gasteiger partial charge on any atom is 0.136 e. The number of likely N-dealkylation sites (N-methyl/N-ethyl adjacent to an activating group) is 1. The van der Waals surface area contributed by atoms with Crippen molar-refractivity contribution in [2.24, 2.45) is 4.99 Å². The SMILES string of the molecule is CN1c2ccc(Cl)cc2C(c2ccccc2)=NCC1C#N. The van der Waals surface area contributed by atoms with Crippen LogP contribution in [0.2, 0.25) is 5.02 Å². The van der Waals surface area contributed by atoms with Crippen molar-refractivity contribution in [2.45, 2.75) is 6.04 Å². The fourth-order valence-corrected chi connectivity index (χ4v) is 2.70. The minimum Gasteiger partial charge on any atom is -0.357 e. The number of hydrogen-bond donors (Lipinski definition) is 0. The molecule has 0 spiro atoms. The molecule has 21 heavy (non-hydrogen) atoms. The molecule has 0 amide bonds. The normalized spacial score (nSPS) is 17.5. The summed E-state index contributed by atoms with van der Waals surface area (Å²) in [4.78, 5) is 6.64. The number of anilines is 1. The van der Waals surface area contributed by atoms with Gasteiger partial charge in [-0.1, -0.05) is 41.9 Å². The molecule has 0 aromatic heterocycles. The highest BCUT2D eigenvalue weighted by molar-refractivity contribution is 6.31. The van der Waals surface area contributed by atoms with Crippen LogP contribution in [-0.4, -0.2) is 25.3 Å². The lowest BCUT2D eigenvalue weighted by molar-refractivity contribution is 0.775. The minimum absolute atomic E-state index is 0.272. The predicted molar refractivity (Wildman–Crippen MR) is 86.2 cm³/mol. The third-order valence-corrected chi connectivity index (χ3v) is 3.91. The number of fused-ring (bicyclic) bond motifs is 1. The third kappa shape index (κ3) is 2.51. The minimum atomic E-state index is -0.272. The lowest BCUT2D eigenvalue weighted by Gasteiger charge is -2.23. The van der Waals surface area contributed by atoms with Crippen molar-refractivity contribution >= 4 is 23.0 Å². The highest BCUT2D eigenvalue weighted by Crippen LogP contribution is 2.29. The zero-order valence-electron chi connectivity index (χ0n) is 11.6. The van der Waals surface area contributed by atoms with Gasteiger partial charge in [-0.25, -0.2) is 0 Å². The fraction of sp³-hybridized carbons (Fsp3) is 0.176. The first-order chi connectivity index (χ1) is 10.2. The molecule has 0 bridgehead atoms. The van der Waals surface area contributed by atoms with Crippen molar-refractivity contribution in [3.05, 3.63) is 64.7 Å². The Kier molecular flexibility index (Phi) is 3.64. The van der Waals surface area contributed by atoms with Gasteiger partial charge in [-0.15, -0.1) is 0 Å². The molecule has 0 fully saturated rings. The van der Waals surface area contributed by atoms with Crippen LogP contribution in [0.5, 0.6) is 0 Å². The van der Waals surface area contributed by atoms with Crippen molar-refractivity contribution < 1.29 is 0 Å². The molecule has 1 unspecified atom stereocenters. The van der Waals surface area contributed by atoms with E-state index in [2.05, 4.69) is 11.1 Å². The molecule has 104 valence electrons. The van der Waals surface area contributed by atoms with Crippen LogP contribution in [0.1, 0.15) is 11.1 Å². The summed E-state index contributed by atoms with van der Waals surface area (Å²) in [6.45, 7) is 0.448. The van der Waals surface area contributed by atoms with E-state index in [4.69, 9.17) is 11.6 Å². The second kappa shape index (κ2) is 5.59. The fourth-order valence-electron chi connectivity index (χ4n) is 2.53. The molecule has 0 N–H and O–H groups in total. The topological polar surface area (TPSA) is 39.4 Å². The summed E-state index contributed by atoms with van der Waals surface area (Å²) in [5.74, 6) is 0. The molecular weight excluding hydrogens is 282 g/mol. The molecule has 0 aliphatic carbocycles. The molecule has 3 nitrogen and oxygen atoms in total. The van der Waals surface area contributed by atoms with E-state index in [1.54, 1.807) is 0 Å².